The first-order chi connectivity index (χ1) is 15.7. The zero-order chi connectivity index (χ0) is 24.0. The van der Waals surface area contributed by atoms with E-state index in [2.05, 4.69) is 16.7 Å². The van der Waals surface area contributed by atoms with Gasteiger partial charge in [0.15, 0.2) is 11.5 Å². The fraction of sp³-hybridized carbons (Fsp3) is 0.520. The second-order valence-corrected chi connectivity index (χ2v) is 10.7. The summed E-state index contributed by atoms with van der Waals surface area (Å²) in [4.78, 5) is 2.31. The van der Waals surface area contributed by atoms with E-state index in [1.54, 1.807) is 26.4 Å². The first-order valence-electron chi connectivity index (χ1n) is 11.4. The number of fused-ring (bicyclic) bond motifs is 1. The zero-order valence-corrected chi connectivity index (χ0v) is 20.8. The molecule has 182 valence electrons. The molecule has 0 aromatic heterocycles. The summed E-state index contributed by atoms with van der Waals surface area (Å²) in [5.41, 5.74) is 3.86. The van der Waals surface area contributed by atoms with Crippen LogP contribution in [0.15, 0.2) is 36.4 Å². The molecule has 2 aromatic carbocycles. The number of benzene rings is 2. The third-order valence-electron chi connectivity index (χ3n) is 6.35. The minimum atomic E-state index is -3.25. The van der Waals surface area contributed by atoms with Gasteiger partial charge in [-0.3, -0.25) is 4.72 Å². The van der Waals surface area contributed by atoms with Gasteiger partial charge in [-0.1, -0.05) is 12.1 Å². The van der Waals surface area contributed by atoms with Crippen LogP contribution in [-0.4, -0.2) is 59.0 Å². The van der Waals surface area contributed by atoms with Crippen molar-refractivity contribution in [1.82, 2.24) is 4.90 Å². The Hall–Kier alpha value is -2.29. The maximum absolute atomic E-state index is 11.3. The molecule has 7 nitrogen and oxygen atoms in total. The lowest BCUT2D eigenvalue weighted by atomic mass is 9.79. The molecule has 2 unspecified atom stereocenters. The van der Waals surface area contributed by atoms with Gasteiger partial charge in [0.05, 0.1) is 26.6 Å². The van der Waals surface area contributed by atoms with E-state index < -0.39 is 16.1 Å². The minimum Gasteiger partial charge on any atom is -0.493 e. The van der Waals surface area contributed by atoms with Crippen molar-refractivity contribution in [1.29, 1.82) is 0 Å². The molecule has 0 radical (unpaired) electrons. The van der Waals surface area contributed by atoms with Crippen LogP contribution in [0.5, 0.6) is 11.5 Å². The second kappa shape index (κ2) is 11.2. The topological polar surface area (TPSA) is 88.1 Å². The number of anilines is 1. The lowest BCUT2D eigenvalue weighted by molar-refractivity contribution is 0.0851. The summed E-state index contributed by atoms with van der Waals surface area (Å²) in [6.45, 7) is 1.89. The van der Waals surface area contributed by atoms with Gasteiger partial charge in [0.25, 0.3) is 0 Å². The summed E-state index contributed by atoms with van der Waals surface area (Å²) in [5, 5.41) is 11.0. The monoisotopic (exact) mass is 476 g/mol. The number of nitrogens with zero attached hydrogens (tertiary/aromatic N) is 1. The van der Waals surface area contributed by atoms with Crippen molar-refractivity contribution in [2.24, 2.45) is 5.92 Å². The molecule has 0 saturated heterocycles. The molecule has 0 saturated carbocycles. The highest BCUT2D eigenvalue weighted by Gasteiger charge is 2.29. The largest absolute Gasteiger partial charge is 0.493 e. The molecule has 0 heterocycles. The SMILES string of the molecule is COc1cc2c(cc1OC)C(O)C(CCCN(C)CCc1ccc(NS(C)(=O)=O)cc1)CC2. The molecule has 33 heavy (non-hydrogen) atoms. The molecule has 0 spiro atoms. The lowest BCUT2D eigenvalue weighted by Crippen LogP contribution is -2.25. The zero-order valence-electron chi connectivity index (χ0n) is 20.0. The van der Waals surface area contributed by atoms with Crippen molar-refractivity contribution < 1.29 is 23.0 Å². The van der Waals surface area contributed by atoms with Gasteiger partial charge in [-0.15, -0.1) is 0 Å². The molecule has 2 aromatic rings. The van der Waals surface area contributed by atoms with Crippen LogP contribution in [0.25, 0.3) is 0 Å². The number of hydrogen-bond acceptors (Lipinski definition) is 6. The number of hydrogen-bond donors (Lipinski definition) is 2. The number of aliphatic hydroxyl groups is 1. The molecule has 1 aliphatic carbocycles. The van der Waals surface area contributed by atoms with Gasteiger partial charge >= 0.3 is 0 Å². The first-order valence-corrected chi connectivity index (χ1v) is 13.3. The quantitative estimate of drug-likeness (QED) is 0.515. The fourth-order valence-corrected chi connectivity index (χ4v) is 5.06. The van der Waals surface area contributed by atoms with Crippen LogP contribution in [0.2, 0.25) is 0 Å². The number of likely N-dealkylation sites (N-methyl/N-ethyl adjacent to an activating group) is 1. The highest BCUT2D eigenvalue weighted by molar-refractivity contribution is 7.92. The Morgan fingerprint density at radius 3 is 2.39 bits per heavy atom. The molecular weight excluding hydrogens is 440 g/mol. The van der Waals surface area contributed by atoms with Crippen LogP contribution in [0.1, 0.15) is 42.1 Å². The number of ether oxygens (including phenoxy) is 2. The normalized spacial score (nSPS) is 18.1. The van der Waals surface area contributed by atoms with Gasteiger partial charge in [-0.05, 0) is 92.6 Å². The summed E-state index contributed by atoms with van der Waals surface area (Å²) in [5.74, 6) is 1.62. The van der Waals surface area contributed by atoms with Crippen molar-refractivity contribution in [3.63, 3.8) is 0 Å². The third kappa shape index (κ3) is 7.09. The third-order valence-corrected chi connectivity index (χ3v) is 6.96. The summed E-state index contributed by atoms with van der Waals surface area (Å²) < 4.78 is 35.9. The van der Waals surface area contributed by atoms with Crippen molar-refractivity contribution in [3.8, 4) is 11.5 Å². The van der Waals surface area contributed by atoms with Crippen molar-refractivity contribution in [3.05, 3.63) is 53.1 Å². The minimum absolute atomic E-state index is 0.249. The lowest BCUT2D eigenvalue weighted by Gasteiger charge is -2.31. The maximum Gasteiger partial charge on any atom is 0.229 e. The van der Waals surface area contributed by atoms with Crippen LogP contribution < -0.4 is 14.2 Å². The van der Waals surface area contributed by atoms with Crippen molar-refractivity contribution >= 4 is 15.7 Å². The first kappa shape index (κ1) is 25.3. The Labute approximate surface area is 197 Å². The van der Waals surface area contributed by atoms with Crippen LogP contribution in [0.3, 0.4) is 0 Å². The van der Waals surface area contributed by atoms with E-state index >= 15 is 0 Å². The summed E-state index contributed by atoms with van der Waals surface area (Å²) >= 11 is 0. The smallest absolute Gasteiger partial charge is 0.229 e. The molecule has 0 aliphatic heterocycles. The average molecular weight is 477 g/mol. The van der Waals surface area contributed by atoms with E-state index in [-0.39, 0.29) is 5.92 Å². The van der Waals surface area contributed by atoms with Crippen LogP contribution in [-0.2, 0) is 22.9 Å². The molecule has 2 atom stereocenters. The van der Waals surface area contributed by atoms with Gasteiger partial charge < -0.3 is 19.5 Å². The van der Waals surface area contributed by atoms with Crippen molar-refractivity contribution in [2.45, 2.75) is 38.2 Å². The van der Waals surface area contributed by atoms with E-state index in [1.807, 2.05) is 24.3 Å². The number of nitrogens with one attached hydrogen (secondary N) is 1. The number of aryl methyl sites for hydroxylation is 1. The predicted molar refractivity (Wildman–Crippen MR) is 132 cm³/mol. The number of aliphatic hydroxyl groups excluding tert-OH is 1. The molecule has 2 N–H and O–H groups in total. The van der Waals surface area contributed by atoms with E-state index in [1.165, 1.54) is 5.56 Å². The standard InChI is InChI=1S/C25H36N2O5S/c1-27(15-13-18-7-11-21(12-8-18)26-33(4,29)30)14-5-6-19-9-10-20-16-23(31-2)24(32-3)17-22(20)25(19)28/h7-8,11-12,16-17,19,25-26,28H,5-6,9-10,13-15H2,1-4H3. The second-order valence-electron chi connectivity index (χ2n) is 8.92. The van der Waals surface area contributed by atoms with E-state index in [4.69, 9.17) is 9.47 Å². The highest BCUT2D eigenvalue weighted by Crippen LogP contribution is 2.41. The fourth-order valence-electron chi connectivity index (χ4n) is 4.49. The Morgan fingerprint density at radius 1 is 1.09 bits per heavy atom. The Morgan fingerprint density at radius 2 is 1.76 bits per heavy atom. The number of methoxy groups -OCH3 is 2. The molecule has 1 aliphatic rings. The highest BCUT2D eigenvalue weighted by atomic mass is 32.2. The van der Waals surface area contributed by atoms with Crippen LogP contribution in [0, 0.1) is 5.92 Å². The van der Waals surface area contributed by atoms with E-state index in [0.717, 1.165) is 62.6 Å². The molecule has 0 fully saturated rings. The molecule has 8 heteroatoms. The molecule has 0 bridgehead atoms. The summed E-state index contributed by atoms with van der Waals surface area (Å²) in [6, 6.07) is 11.4. The van der Waals surface area contributed by atoms with Crippen LogP contribution >= 0.6 is 0 Å². The van der Waals surface area contributed by atoms with Gasteiger partial charge in [-0.2, -0.15) is 0 Å². The van der Waals surface area contributed by atoms with Crippen LogP contribution in [0.4, 0.5) is 5.69 Å². The van der Waals surface area contributed by atoms with E-state index in [0.29, 0.717) is 17.2 Å². The summed E-state index contributed by atoms with van der Waals surface area (Å²) in [7, 11) is 2.12. The van der Waals surface area contributed by atoms with Gasteiger partial charge in [0.2, 0.25) is 10.0 Å². The molecule has 0 amide bonds. The van der Waals surface area contributed by atoms with Gasteiger partial charge in [0.1, 0.15) is 0 Å². The Kier molecular flexibility index (Phi) is 8.62. The van der Waals surface area contributed by atoms with Gasteiger partial charge in [0, 0.05) is 12.2 Å². The average Bonchev–Trinajstić information content (AvgIpc) is 2.78. The molecule has 3 rings (SSSR count). The maximum atomic E-state index is 11.3. The number of sulfonamides is 1. The number of rotatable bonds is 11. The Bertz CT molecular complexity index is 1020. The van der Waals surface area contributed by atoms with Gasteiger partial charge in [-0.25, -0.2) is 8.42 Å². The van der Waals surface area contributed by atoms with E-state index in [9.17, 15) is 13.5 Å². The molecular formula is C25H36N2O5S. The predicted octanol–water partition coefficient (Wildman–Crippen LogP) is 3.63. The summed E-state index contributed by atoms with van der Waals surface area (Å²) in [6.07, 6.45) is 5.49. The Balaban J connectivity index is 1.45. The van der Waals surface area contributed by atoms with Crippen molar-refractivity contribution in [2.75, 3.05) is 45.3 Å².